The lowest BCUT2D eigenvalue weighted by molar-refractivity contribution is -0.697. The van der Waals surface area contributed by atoms with Crippen molar-refractivity contribution in [2.75, 3.05) is 0 Å². The van der Waals surface area contributed by atoms with Gasteiger partial charge in [0, 0.05) is 18.6 Å². The van der Waals surface area contributed by atoms with Crippen molar-refractivity contribution in [3.8, 4) is 0 Å². The maximum atomic E-state index is 3.79. The Hall–Kier alpha value is -0.630. The quantitative estimate of drug-likeness (QED) is 0.285. The molecule has 1 rings (SSSR count). The van der Waals surface area contributed by atoms with Crippen LogP contribution in [0.3, 0.4) is 0 Å². The van der Waals surface area contributed by atoms with Crippen LogP contribution < -0.4 is 21.5 Å². The highest BCUT2D eigenvalue weighted by Gasteiger charge is 1.99. The number of nitrogens with zero attached hydrogens (tertiary/aromatic N) is 1. The first-order chi connectivity index (χ1) is 11.9. The van der Waals surface area contributed by atoms with Gasteiger partial charge in [-0.15, -0.1) is 0 Å². The average molecular weight is 410 g/mol. The summed E-state index contributed by atoms with van der Waals surface area (Å²) in [5.41, 5.74) is 1.20. The maximum absolute atomic E-state index is 3.79. The van der Waals surface area contributed by atoms with E-state index >= 15 is 0 Å². The summed E-state index contributed by atoms with van der Waals surface area (Å²) in [5, 5.41) is 0. The van der Waals surface area contributed by atoms with Crippen LogP contribution in [0.4, 0.5) is 0 Å². The summed E-state index contributed by atoms with van der Waals surface area (Å²) < 4.78 is 2.29. The molecule has 0 radical (unpaired) electrons. The van der Waals surface area contributed by atoms with Crippen molar-refractivity contribution < 1.29 is 21.5 Å². The lowest BCUT2D eigenvalue weighted by Crippen LogP contribution is -3.00. The Balaban J connectivity index is 0.00000576. The molecule has 1 heterocycles. The first-order valence-corrected chi connectivity index (χ1v) is 10.5. The fraction of sp³-hybridized carbons (Fsp3) is 0.696. The molecule has 0 amide bonds. The lowest BCUT2D eigenvalue weighted by Gasteiger charge is -2.03. The number of aromatic nitrogens is 1. The second-order valence-corrected chi connectivity index (χ2v) is 7.17. The van der Waals surface area contributed by atoms with Gasteiger partial charge >= 0.3 is 0 Å². The zero-order chi connectivity index (χ0) is 17.3. The molecule has 144 valence electrons. The largest absolute Gasteiger partial charge is 1.00 e. The predicted molar refractivity (Wildman–Crippen MR) is 107 cm³/mol. The zero-order valence-corrected chi connectivity index (χ0v) is 18.1. The van der Waals surface area contributed by atoms with Crippen molar-refractivity contribution in [1.82, 2.24) is 0 Å². The Morgan fingerprint density at radius 2 is 1.12 bits per heavy atom. The van der Waals surface area contributed by atoms with E-state index in [0.29, 0.717) is 0 Å². The first kappa shape index (κ1) is 24.4. The van der Waals surface area contributed by atoms with Crippen LogP contribution in [-0.2, 0) is 6.54 Å². The molecule has 0 saturated heterocycles. The topological polar surface area (TPSA) is 3.88 Å². The van der Waals surface area contributed by atoms with Crippen molar-refractivity contribution in [3.63, 3.8) is 0 Å². The van der Waals surface area contributed by atoms with E-state index < -0.39 is 0 Å². The van der Waals surface area contributed by atoms with Crippen LogP contribution in [0.25, 0.3) is 6.08 Å². The van der Waals surface area contributed by atoms with Crippen LogP contribution in [0.15, 0.2) is 31.1 Å². The minimum absolute atomic E-state index is 0. The molecule has 1 nitrogen and oxygen atoms in total. The van der Waals surface area contributed by atoms with Crippen LogP contribution in [-0.4, -0.2) is 0 Å². The molecule has 0 N–H and O–H groups in total. The van der Waals surface area contributed by atoms with Crippen molar-refractivity contribution in [2.45, 2.75) is 103 Å². The fourth-order valence-electron chi connectivity index (χ4n) is 3.24. The number of hydrogen-bond acceptors (Lipinski definition) is 0. The van der Waals surface area contributed by atoms with Gasteiger partial charge in [0.2, 0.25) is 0 Å². The molecule has 0 spiro atoms. The van der Waals surface area contributed by atoms with Crippen LogP contribution in [0, 0.1) is 0 Å². The summed E-state index contributed by atoms with van der Waals surface area (Å²) in [7, 11) is 0. The van der Waals surface area contributed by atoms with E-state index in [1.807, 2.05) is 6.08 Å². The fourth-order valence-corrected chi connectivity index (χ4v) is 3.24. The third kappa shape index (κ3) is 14.2. The van der Waals surface area contributed by atoms with E-state index in [-0.39, 0.29) is 17.0 Å². The van der Waals surface area contributed by atoms with Gasteiger partial charge in [-0.2, -0.15) is 0 Å². The van der Waals surface area contributed by atoms with E-state index in [1.165, 1.54) is 95.5 Å². The van der Waals surface area contributed by atoms with E-state index in [2.05, 4.69) is 42.6 Å². The zero-order valence-electron chi connectivity index (χ0n) is 16.5. The molecular formula is C23H40BrN. The molecule has 0 aliphatic carbocycles. The average Bonchev–Trinajstić information content (AvgIpc) is 2.62. The van der Waals surface area contributed by atoms with Crippen molar-refractivity contribution in [2.24, 2.45) is 0 Å². The summed E-state index contributed by atoms with van der Waals surface area (Å²) in [6, 6.07) is 4.27. The summed E-state index contributed by atoms with van der Waals surface area (Å²) in [6.45, 7) is 7.23. The van der Waals surface area contributed by atoms with Crippen LogP contribution in [0.5, 0.6) is 0 Å². The summed E-state index contributed by atoms with van der Waals surface area (Å²) in [5.74, 6) is 0. The number of hydrogen-bond donors (Lipinski definition) is 0. The molecule has 1 aromatic heterocycles. The minimum Gasteiger partial charge on any atom is -1.00 e. The second-order valence-electron chi connectivity index (χ2n) is 7.17. The molecule has 0 aliphatic heterocycles. The molecule has 0 saturated carbocycles. The summed E-state index contributed by atoms with van der Waals surface area (Å²) in [4.78, 5) is 0. The number of aryl methyl sites for hydroxylation is 1. The number of pyridine rings is 1. The number of rotatable bonds is 16. The monoisotopic (exact) mass is 409 g/mol. The van der Waals surface area contributed by atoms with Gasteiger partial charge in [-0.1, -0.05) is 96.6 Å². The Morgan fingerprint density at radius 3 is 1.52 bits per heavy atom. The molecule has 0 unspecified atom stereocenters. The molecule has 25 heavy (non-hydrogen) atoms. The highest BCUT2D eigenvalue weighted by atomic mass is 79.9. The third-order valence-corrected chi connectivity index (χ3v) is 4.92. The second kappa shape index (κ2) is 18.2. The highest BCUT2D eigenvalue weighted by Crippen LogP contribution is 2.12. The SMILES string of the molecule is C=Cc1cc[n+](CCCCCCCCCCCCCCCC)cc1.[Br-]. The predicted octanol–water partition coefficient (Wildman–Crippen LogP) is 4.10. The van der Waals surface area contributed by atoms with Gasteiger partial charge in [0.15, 0.2) is 12.4 Å². The summed E-state index contributed by atoms with van der Waals surface area (Å²) in [6.07, 6.45) is 26.2. The maximum Gasteiger partial charge on any atom is 0.169 e. The van der Waals surface area contributed by atoms with Gasteiger partial charge in [-0.25, -0.2) is 4.57 Å². The normalized spacial score (nSPS) is 10.4. The molecule has 0 aliphatic rings. The van der Waals surface area contributed by atoms with Gasteiger partial charge in [0.25, 0.3) is 0 Å². The molecular weight excluding hydrogens is 370 g/mol. The van der Waals surface area contributed by atoms with Gasteiger partial charge in [0.05, 0.1) is 0 Å². The third-order valence-electron chi connectivity index (χ3n) is 4.92. The lowest BCUT2D eigenvalue weighted by atomic mass is 10.0. The molecule has 1 aromatic rings. The molecule has 0 atom stereocenters. The summed E-state index contributed by atoms with van der Waals surface area (Å²) >= 11 is 0. The van der Waals surface area contributed by atoms with Crippen molar-refractivity contribution in [1.29, 1.82) is 0 Å². The van der Waals surface area contributed by atoms with Gasteiger partial charge in [-0.05, 0) is 12.0 Å². The van der Waals surface area contributed by atoms with E-state index in [4.69, 9.17) is 0 Å². The number of halogens is 1. The molecule has 2 heteroatoms. The highest BCUT2D eigenvalue weighted by molar-refractivity contribution is 5.44. The number of unbranched alkanes of at least 4 members (excludes halogenated alkanes) is 13. The smallest absolute Gasteiger partial charge is 0.169 e. The van der Waals surface area contributed by atoms with Crippen molar-refractivity contribution in [3.05, 3.63) is 36.7 Å². The van der Waals surface area contributed by atoms with Crippen LogP contribution >= 0.6 is 0 Å². The van der Waals surface area contributed by atoms with Crippen LogP contribution in [0.2, 0.25) is 0 Å². The van der Waals surface area contributed by atoms with Gasteiger partial charge in [-0.3, -0.25) is 0 Å². The minimum atomic E-state index is 0. The van der Waals surface area contributed by atoms with Gasteiger partial charge in [0.1, 0.15) is 6.54 Å². The van der Waals surface area contributed by atoms with E-state index in [0.717, 1.165) is 6.54 Å². The molecule has 0 aromatic carbocycles. The Labute approximate surface area is 167 Å². The molecule has 0 fully saturated rings. The molecule has 0 bridgehead atoms. The Bertz CT molecular complexity index is 399. The van der Waals surface area contributed by atoms with E-state index in [9.17, 15) is 0 Å². The van der Waals surface area contributed by atoms with E-state index in [1.54, 1.807) is 0 Å². The first-order valence-electron chi connectivity index (χ1n) is 10.5. The standard InChI is InChI=1S/C23H40N.BrH/c1-3-5-6-7-8-9-10-11-12-13-14-15-16-17-20-24-21-18-23(4-2)19-22-24;/h4,18-19,21-22H,2-3,5-17,20H2,1H3;1H/q+1;/p-1. The van der Waals surface area contributed by atoms with Gasteiger partial charge < -0.3 is 17.0 Å². The Morgan fingerprint density at radius 1 is 0.720 bits per heavy atom. The van der Waals surface area contributed by atoms with Crippen LogP contribution in [0.1, 0.15) is 102 Å². The van der Waals surface area contributed by atoms with Crippen molar-refractivity contribution >= 4 is 6.08 Å². The Kier molecular flexibility index (Phi) is 17.7.